The summed E-state index contributed by atoms with van der Waals surface area (Å²) in [4.78, 5) is 272. The number of nitrogens with zero attached hydrogens (tertiary/aromatic N) is 2. The minimum Gasteiger partial charge on any atom is -0.481 e. The molecule has 0 saturated carbocycles. The lowest BCUT2D eigenvalue weighted by atomic mass is 9.87. The van der Waals surface area contributed by atoms with Gasteiger partial charge in [-0.3, -0.25) is 82.0 Å². The monoisotopic (exact) mass is 2040 g/mol. The number of nitrogens with one attached hydrogen (secondary N) is 15. The fourth-order valence-electron chi connectivity index (χ4n) is 17.2. The number of ether oxygens (including phenoxy) is 1. The number of aliphatic carboxylic acids is 2. The number of thiophene rings is 3. The van der Waals surface area contributed by atoms with E-state index in [2.05, 4.69) is 79.8 Å². The molecule has 21 N–H and O–H groups in total. The molecule has 143 heavy (non-hydrogen) atoms. The van der Waals surface area contributed by atoms with Gasteiger partial charge in [0.05, 0.1) is 43.1 Å². The maximum atomic E-state index is 15.6. The lowest BCUT2D eigenvalue weighted by molar-refractivity contribution is -0.146. The number of aliphatic hydroxyl groups excluding tert-OH is 1. The van der Waals surface area contributed by atoms with Crippen LogP contribution in [0.1, 0.15) is 210 Å². The number of allylic oxidation sites excluding steroid dienone is 3. The predicted molar refractivity (Wildman–Crippen MR) is 530 cm³/mol. The number of urea groups is 1. The lowest BCUT2D eigenvalue weighted by Gasteiger charge is -2.37. The summed E-state index contributed by atoms with van der Waals surface area (Å²) in [6, 6.07) is -4.85. The number of hydrogen-bond donors (Lipinski definition) is 20. The molecule has 5 aromatic rings. The fraction of sp³-hybridized carbons (Fsp3) is 0.541. The van der Waals surface area contributed by atoms with Gasteiger partial charge in [0.15, 0.2) is 0 Å². The van der Waals surface area contributed by atoms with Crippen molar-refractivity contribution in [2.45, 2.75) is 299 Å². The van der Waals surface area contributed by atoms with E-state index >= 15 is 19.2 Å². The minimum atomic E-state index is -2.12. The number of carboxylic acid groups (broad SMARTS) is 3. The Morgan fingerprint density at radius 1 is 0.580 bits per heavy atom. The molecule has 17 amide bonds. The normalized spacial score (nSPS) is 25.8. The van der Waals surface area contributed by atoms with Crippen LogP contribution in [0.4, 0.5) is 9.59 Å². The Morgan fingerprint density at radius 3 is 1.82 bits per heavy atom. The second-order valence-corrected chi connectivity index (χ2v) is 40.7. The molecule has 45 heteroatoms. The summed E-state index contributed by atoms with van der Waals surface area (Å²) in [7, 11) is 0. The highest BCUT2D eigenvalue weighted by Gasteiger charge is 2.50. The van der Waals surface area contributed by atoms with Crippen LogP contribution in [0.5, 0.6) is 0 Å². The first-order chi connectivity index (χ1) is 67.8. The smallest absolute Gasteiger partial charge is 0.409 e. The maximum absolute atomic E-state index is 15.6. The van der Waals surface area contributed by atoms with Crippen molar-refractivity contribution in [1.29, 1.82) is 0 Å². The largest absolute Gasteiger partial charge is 0.481 e. The van der Waals surface area contributed by atoms with E-state index in [1.807, 2.05) is 53.3 Å². The molecule has 0 aliphatic carbocycles. The van der Waals surface area contributed by atoms with Crippen LogP contribution in [0.15, 0.2) is 112 Å². The van der Waals surface area contributed by atoms with E-state index < -0.39 is 233 Å². The van der Waals surface area contributed by atoms with E-state index in [-0.39, 0.29) is 115 Å². The molecule has 7 heterocycles. The van der Waals surface area contributed by atoms with Crippen molar-refractivity contribution in [2.24, 2.45) is 11.1 Å². The van der Waals surface area contributed by atoms with E-state index in [1.54, 1.807) is 55.1 Å². The number of nitrogens with two attached hydrogens (primary N) is 1. The average Bonchev–Trinajstić information content (AvgIpc) is 1.64. The summed E-state index contributed by atoms with van der Waals surface area (Å²) in [6.45, 7) is 11.1. The molecule has 3 aromatic heterocycles. The van der Waals surface area contributed by atoms with E-state index in [0.717, 1.165) is 48.3 Å². The van der Waals surface area contributed by atoms with Crippen LogP contribution in [0, 0.1) is 5.41 Å². The summed E-state index contributed by atoms with van der Waals surface area (Å²) < 4.78 is 6.78. The number of carboxylic acids is 3. The molecule has 778 valence electrons. The predicted octanol–water partition coefficient (Wildman–Crippen LogP) is 3.51. The number of cyclic esters (lactones) is 1. The lowest BCUT2D eigenvalue weighted by Crippen LogP contribution is -2.64. The molecule has 4 aliphatic rings. The van der Waals surface area contributed by atoms with Gasteiger partial charge in [-0.2, -0.15) is 22.7 Å². The van der Waals surface area contributed by atoms with E-state index in [9.17, 15) is 92.3 Å². The Kier molecular flexibility index (Phi) is 43.0. The Balaban J connectivity index is 1.04. The van der Waals surface area contributed by atoms with Gasteiger partial charge in [0.1, 0.15) is 71.7 Å². The Labute approximate surface area is 840 Å². The number of likely N-dealkylation sites (tertiary alicyclic amines) is 1. The molecule has 42 nitrogen and oxygen atoms in total. The van der Waals surface area contributed by atoms with Gasteiger partial charge in [-0.15, -0.1) is 11.3 Å². The number of primary amides is 1. The second-order valence-electron chi connectivity index (χ2n) is 38.2. The zero-order valence-electron chi connectivity index (χ0n) is 81.5. The molecule has 2 aromatic carbocycles. The molecule has 9 rings (SSSR count). The zero-order valence-corrected chi connectivity index (χ0v) is 84.0. The van der Waals surface area contributed by atoms with Crippen LogP contribution >= 0.6 is 34.0 Å². The number of aliphatic hydroxyl groups is 1. The Bertz CT molecular complexity index is 5390. The van der Waals surface area contributed by atoms with Gasteiger partial charge in [-0.1, -0.05) is 88.2 Å². The molecular formula is C98H134N18O24S3. The molecule has 2 unspecified atom stereocenters. The van der Waals surface area contributed by atoms with Gasteiger partial charge < -0.3 is 115 Å². The van der Waals surface area contributed by atoms with Crippen molar-refractivity contribution < 1.29 is 116 Å². The van der Waals surface area contributed by atoms with Crippen molar-refractivity contribution in [2.75, 3.05) is 32.8 Å². The van der Waals surface area contributed by atoms with Crippen molar-refractivity contribution >= 4 is 157 Å². The summed E-state index contributed by atoms with van der Waals surface area (Å²) in [6.07, 6.45) is 6.93. The van der Waals surface area contributed by atoms with Crippen LogP contribution < -0.4 is 85.5 Å². The Morgan fingerprint density at radius 2 is 1.17 bits per heavy atom. The number of carbonyl (C=O) groups is 19. The summed E-state index contributed by atoms with van der Waals surface area (Å²) in [5.41, 5.74) is 2.81. The Hall–Kier alpha value is -13.3. The molecule has 4 aliphatic heterocycles. The summed E-state index contributed by atoms with van der Waals surface area (Å²) >= 11 is 4.00. The summed E-state index contributed by atoms with van der Waals surface area (Å²) in [5, 5.41) is 91.7. The van der Waals surface area contributed by atoms with Gasteiger partial charge in [0.2, 0.25) is 82.7 Å². The van der Waals surface area contributed by atoms with Crippen molar-refractivity contribution in [3.8, 4) is 0 Å². The van der Waals surface area contributed by atoms with Crippen molar-refractivity contribution in [1.82, 2.24) is 89.6 Å². The van der Waals surface area contributed by atoms with E-state index in [1.165, 1.54) is 96.6 Å². The van der Waals surface area contributed by atoms with Crippen LogP contribution in [0.3, 0.4) is 0 Å². The molecular weight excluding hydrogens is 1910 g/mol. The standard InChI is InChI=1S/C98H134N18O24S3/c1-56(80(99)123)101-82(125)66-32-33-77(118)100-38-23-21-30-65-83(126)110-75-52-115(51-74(75)103-67(45-60-34-41-141-53-60)84(127)108-70(86(129)105-66)47-63-55-143-76-31-20-19-29-64(63)76)95(139)140-40-24-18-16-14-12-10-9-11-13-15-17-22-36-98(37-26-39-116(98)58(3)117)93(137)111-71(48-78(119)120)87(130)109-73(50-96(4,5)6)89(132)113-94(138)112-72(49-79(121)122)88(131)107-69(44-59-27-25-28-62(43-59)91(134)135)90(133)114-97(7,8)92(136)102-57(2)81(124)106-68(85(128)104-65)46-61-35-42-142-54-61/h14,16-17,19-20,22,25,27-29,31,34-35,41-43,53-57,65-75,89,103,132H,9-13,15,18,21,23-24,26,30,32-33,36-40,44-52H2,1-8H3,(H2,99,123)(H,100,118)(H,101,125)(H,102,136)(H,104,128)(H,105,129)(H,106,124)(H,107,131)(H,108,127)(H,109,130)(H,110,126)(H,111,137)(H,114,133)(H,119,120)(H,121,122)(H,134,135)(H2,112,113,138)/t56-,57-,65-,66-,67-,68-,69-,70-,71-,72-,73-,74?,75+,89?,98-/m0/s1. The van der Waals surface area contributed by atoms with Crippen LogP contribution in [0.25, 0.3) is 10.1 Å². The minimum absolute atomic E-state index is 0.0123. The second kappa shape index (κ2) is 54.3. The van der Waals surface area contributed by atoms with Crippen LogP contribution in [0.2, 0.25) is 0 Å². The molecule has 15 atom stereocenters. The maximum Gasteiger partial charge on any atom is 0.409 e. The quantitative estimate of drug-likeness (QED) is 0.0592. The molecule has 1 spiro atoms. The van der Waals surface area contributed by atoms with Gasteiger partial charge in [0, 0.05) is 69.5 Å². The number of rotatable bonds is 17. The fourth-order valence-corrected chi connectivity index (χ4v) is 19.6. The number of hydrogen-bond acceptors (Lipinski definition) is 25. The van der Waals surface area contributed by atoms with Crippen molar-refractivity contribution in [3.05, 3.63) is 140 Å². The molecule has 3 saturated heterocycles. The third kappa shape index (κ3) is 35.4. The number of amides is 17. The SMILES string of the molecule is CC(=O)N1CCC[C@]12CC=CCCCCCCC=CCCCOC(=O)N1CC3N[C@@H](Cc4ccsc4)C(=O)N[C@@H](Cc4csc5ccccc45)C(=O)N[C@H](C(=O)N[C@@H](C)C(N)=O)CCC(=O)NCCCC[C@H](NC(=O)[C@H](Cc4ccsc4)NC(=O)[C@H](C)NC(=O)C(C)(C)NC(=O)[C@H](Cc4cccc(C(=O)O)c4)NC(=O)[C@H](CC(=O)O)NC(=O)NC(O)[C@H](CC(C)(C)C)NC(=O)[C@H](CC(=O)O)NC2=O)C(=O)N[C@@H]3C1. The zero-order chi connectivity index (χ0) is 104. The average molecular weight is 2040 g/mol. The topological polar surface area (TPSA) is 627 Å². The van der Waals surface area contributed by atoms with Crippen LogP contribution in [-0.4, -0.2) is 272 Å². The molecule has 0 radical (unpaired) electrons. The van der Waals surface area contributed by atoms with Gasteiger partial charge >= 0.3 is 30.0 Å². The highest BCUT2D eigenvalue weighted by molar-refractivity contribution is 7.17. The summed E-state index contributed by atoms with van der Waals surface area (Å²) in [5.74, 6) is -17.2. The highest BCUT2D eigenvalue weighted by atomic mass is 32.1. The molecule has 3 fully saturated rings. The van der Waals surface area contributed by atoms with Gasteiger partial charge in [-0.25, -0.2) is 14.4 Å². The number of benzene rings is 2. The number of fused-ring (bicyclic) bond motifs is 4. The number of carbonyl (C=O) groups excluding carboxylic acids is 16. The first-order valence-corrected chi connectivity index (χ1v) is 50.8. The van der Waals surface area contributed by atoms with Gasteiger partial charge in [-0.05, 0) is 214 Å². The highest BCUT2D eigenvalue weighted by Crippen LogP contribution is 2.35. The van der Waals surface area contributed by atoms with E-state index in [0.29, 0.717) is 42.4 Å². The number of aromatic carboxylic acids is 1. The molecule has 3 bridgehead atoms. The van der Waals surface area contributed by atoms with Crippen molar-refractivity contribution in [3.63, 3.8) is 0 Å². The third-order valence-electron chi connectivity index (χ3n) is 25.0. The van der Waals surface area contributed by atoms with Crippen LogP contribution in [-0.2, 0) is 107 Å². The third-order valence-corrected chi connectivity index (χ3v) is 27.5. The first-order valence-electron chi connectivity index (χ1n) is 48.0. The van der Waals surface area contributed by atoms with Gasteiger partial charge in [0.25, 0.3) is 0 Å². The first kappa shape index (κ1) is 113. The van der Waals surface area contributed by atoms with E-state index in [4.69, 9.17) is 10.5 Å².